The molecule has 0 saturated heterocycles. The van der Waals surface area contributed by atoms with E-state index in [9.17, 15) is 8.42 Å². The highest BCUT2D eigenvalue weighted by Crippen LogP contribution is 2.25. The molecule has 0 amide bonds. The van der Waals surface area contributed by atoms with Gasteiger partial charge in [0.05, 0.1) is 4.90 Å². The first kappa shape index (κ1) is 10.8. The zero-order chi connectivity index (χ0) is 11.6. The average molecular weight is 234 g/mol. The quantitative estimate of drug-likeness (QED) is 0.853. The molecule has 0 fully saturated rings. The lowest BCUT2D eigenvalue weighted by Crippen LogP contribution is -2.13. The van der Waals surface area contributed by atoms with Crippen LogP contribution in [0, 0.1) is 0 Å². The zero-order valence-electron chi connectivity index (χ0n) is 8.37. The summed E-state index contributed by atoms with van der Waals surface area (Å²) in [5.74, 6) is 0. The van der Waals surface area contributed by atoms with Gasteiger partial charge in [-0.3, -0.25) is 4.98 Å². The van der Waals surface area contributed by atoms with Gasteiger partial charge in [0.2, 0.25) is 10.0 Å². The molecule has 1 aromatic carbocycles. The Labute approximate surface area is 93.8 Å². The van der Waals surface area contributed by atoms with E-state index in [2.05, 4.69) is 4.98 Å². The number of hydrogen-bond acceptors (Lipinski definition) is 3. The molecule has 0 unspecified atom stereocenters. The summed E-state index contributed by atoms with van der Waals surface area (Å²) < 4.78 is 22.8. The number of sulfonamides is 1. The first-order chi connectivity index (χ1) is 7.59. The molecule has 2 aromatic rings. The maximum absolute atomic E-state index is 11.4. The number of nitrogens with two attached hydrogens (primary N) is 1. The maximum Gasteiger partial charge on any atom is 0.238 e. The van der Waals surface area contributed by atoms with Crippen LogP contribution < -0.4 is 5.14 Å². The molecule has 0 saturated carbocycles. The fraction of sp³-hybridized carbons (Fsp3) is 0. The molecule has 0 spiro atoms. The van der Waals surface area contributed by atoms with Gasteiger partial charge < -0.3 is 0 Å². The summed E-state index contributed by atoms with van der Waals surface area (Å²) in [5, 5.41) is 5.15. The Morgan fingerprint density at radius 3 is 2.25 bits per heavy atom. The van der Waals surface area contributed by atoms with Crippen LogP contribution in [0.1, 0.15) is 0 Å². The van der Waals surface area contributed by atoms with Crippen LogP contribution in [0.5, 0.6) is 0 Å². The minimum Gasteiger partial charge on any atom is -0.265 e. The predicted octanol–water partition coefficient (Wildman–Crippen LogP) is 1.40. The minimum absolute atomic E-state index is 0.126. The molecule has 0 radical (unpaired) electrons. The first-order valence-corrected chi connectivity index (χ1v) is 6.16. The topological polar surface area (TPSA) is 73.1 Å². The Morgan fingerprint density at radius 2 is 1.62 bits per heavy atom. The lowest BCUT2D eigenvalue weighted by Gasteiger charge is -2.06. The molecule has 0 aliphatic heterocycles. The number of nitrogens with zero attached hydrogens (tertiary/aromatic N) is 1. The van der Waals surface area contributed by atoms with Crippen molar-refractivity contribution in [1.29, 1.82) is 0 Å². The number of benzene rings is 1. The molecule has 0 atom stereocenters. The van der Waals surface area contributed by atoms with Crippen molar-refractivity contribution in [1.82, 2.24) is 4.98 Å². The van der Waals surface area contributed by atoms with Gasteiger partial charge >= 0.3 is 0 Å². The second kappa shape index (κ2) is 4.03. The van der Waals surface area contributed by atoms with Crippen LogP contribution in [-0.2, 0) is 10.0 Å². The maximum atomic E-state index is 11.4. The summed E-state index contributed by atoms with van der Waals surface area (Å²) in [4.78, 5) is 4.01. The second-order valence-electron chi connectivity index (χ2n) is 3.28. The van der Waals surface area contributed by atoms with Crippen molar-refractivity contribution < 1.29 is 8.42 Å². The summed E-state index contributed by atoms with van der Waals surface area (Å²) in [5.41, 5.74) is 1.37. The molecule has 0 bridgehead atoms. The lowest BCUT2D eigenvalue weighted by atomic mass is 10.1. The molecule has 1 heterocycles. The third kappa shape index (κ3) is 2.10. The summed E-state index contributed by atoms with van der Waals surface area (Å²) in [6, 6.07) is 10.1. The third-order valence-electron chi connectivity index (χ3n) is 2.18. The molecule has 2 rings (SSSR count). The number of pyridine rings is 1. The van der Waals surface area contributed by atoms with Gasteiger partial charge in [0.25, 0.3) is 0 Å². The van der Waals surface area contributed by atoms with Crippen molar-refractivity contribution in [3.8, 4) is 11.1 Å². The van der Waals surface area contributed by atoms with E-state index in [1.54, 1.807) is 42.7 Å². The molecule has 2 N–H and O–H groups in total. The monoisotopic (exact) mass is 234 g/mol. The van der Waals surface area contributed by atoms with Gasteiger partial charge in [-0.25, -0.2) is 13.6 Å². The fourth-order valence-corrected chi connectivity index (χ4v) is 2.25. The Kier molecular flexibility index (Phi) is 2.72. The largest absolute Gasteiger partial charge is 0.265 e. The Hall–Kier alpha value is -1.72. The molecule has 1 aromatic heterocycles. The highest BCUT2D eigenvalue weighted by molar-refractivity contribution is 7.89. The number of aromatic nitrogens is 1. The fourth-order valence-electron chi connectivity index (χ4n) is 1.48. The highest BCUT2D eigenvalue weighted by Gasteiger charge is 2.13. The molecule has 4 nitrogen and oxygen atoms in total. The summed E-state index contributed by atoms with van der Waals surface area (Å²) in [7, 11) is -3.70. The number of hydrogen-bond donors (Lipinski definition) is 1. The van der Waals surface area contributed by atoms with E-state index >= 15 is 0 Å². The van der Waals surface area contributed by atoms with Gasteiger partial charge in [-0.05, 0) is 23.8 Å². The Bertz CT molecular complexity index is 594. The predicted molar refractivity (Wildman–Crippen MR) is 61.0 cm³/mol. The van der Waals surface area contributed by atoms with Gasteiger partial charge in [0, 0.05) is 18.0 Å². The lowest BCUT2D eigenvalue weighted by molar-refractivity contribution is 0.598. The molecule has 16 heavy (non-hydrogen) atoms. The van der Waals surface area contributed by atoms with Crippen LogP contribution in [0.25, 0.3) is 11.1 Å². The average Bonchev–Trinajstić information content (AvgIpc) is 2.29. The van der Waals surface area contributed by atoms with Crippen molar-refractivity contribution >= 4 is 10.0 Å². The van der Waals surface area contributed by atoms with E-state index in [-0.39, 0.29) is 4.90 Å². The van der Waals surface area contributed by atoms with Crippen LogP contribution in [0.4, 0.5) is 0 Å². The normalized spacial score (nSPS) is 11.3. The van der Waals surface area contributed by atoms with Crippen LogP contribution in [0.15, 0.2) is 53.7 Å². The van der Waals surface area contributed by atoms with Crippen LogP contribution >= 0.6 is 0 Å². The van der Waals surface area contributed by atoms with Crippen molar-refractivity contribution in [3.63, 3.8) is 0 Å². The summed E-state index contributed by atoms with van der Waals surface area (Å²) in [6.07, 6.45) is 3.21. The zero-order valence-corrected chi connectivity index (χ0v) is 9.18. The van der Waals surface area contributed by atoms with Crippen molar-refractivity contribution in [3.05, 3.63) is 48.8 Å². The van der Waals surface area contributed by atoms with Gasteiger partial charge in [-0.1, -0.05) is 18.2 Å². The van der Waals surface area contributed by atoms with Gasteiger partial charge in [-0.15, -0.1) is 0 Å². The summed E-state index contributed by atoms with van der Waals surface area (Å²) in [6.45, 7) is 0. The van der Waals surface area contributed by atoms with E-state index in [1.165, 1.54) is 6.07 Å². The number of rotatable bonds is 2. The van der Waals surface area contributed by atoms with E-state index in [4.69, 9.17) is 5.14 Å². The van der Waals surface area contributed by atoms with Crippen molar-refractivity contribution in [2.24, 2.45) is 5.14 Å². The van der Waals surface area contributed by atoms with E-state index < -0.39 is 10.0 Å². The smallest absolute Gasteiger partial charge is 0.238 e. The number of primary sulfonamides is 1. The van der Waals surface area contributed by atoms with Gasteiger partial charge in [-0.2, -0.15) is 0 Å². The van der Waals surface area contributed by atoms with Crippen molar-refractivity contribution in [2.75, 3.05) is 0 Å². The van der Waals surface area contributed by atoms with Gasteiger partial charge in [0.15, 0.2) is 0 Å². The Balaban J connectivity index is 2.68. The standard InChI is InChI=1S/C11H10N2O2S/c12-16(14,15)11-4-2-1-3-10(11)9-5-7-13-8-6-9/h1-8H,(H2,12,14,15). The second-order valence-corrected chi connectivity index (χ2v) is 4.81. The van der Waals surface area contributed by atoms with Gasteiger partial charge in [0.1, 0.15) is 0 Å². The molecule has 5 heteroatoms. The Morgan fingerprint density at radius 1 is 1.00 bits per heavy atom. The van der Waals surface area contributed by atoms with E-state index in [0.717, 1.165) is 5.56 Å². The summed E-state index contributed by atoms with van der Waals surface area (Å²) >= 11 is 0. The van der Waals surface area contributed by atoms with Crippen LogP contribution in [-0.4, -0.2) is 13.4 Å². The van der Waals surface area contributed by atoms with E-state index in [0.29, 0.717) is 5.56 Å². The molecular weight excluding hydrogens is 224 g/mol. The van der Waals surface area contributed by atoms with E-state index in [1.807, 2.05) is 0 Å². The highest BCUT2D eigenvalue weighted by atomic mass is 32.2. The molecule has 0 aliphatic carbocycles. The molecule has 0 aliphatic rings. The van der Waals surface area contributed by atoms with Crippen LogP contribution in [0.2, 0.25) is 0 Å². The molecule has 82 valence electrons. The van der Waals surface area contributed by atoms with Crippen LogP contribution in [0.3, 0.4) is 0 Å². The SMILES string of the molecule is NS(=O)(=O)c1ccccc1-c1ccncc1. The molecular formula is C11H10N2O2S. The minimum atomic E-state index is -3.70. The van der Waals surface area contributed by atoms with Crippen molar-refractivity contribution in [2.45, 2.75) is 4.90 Å². The third-order valence-corrected chi connectivity index (χ3v) is 3.15. The first-order valence-electron chi connectivity index (χ1n) is 4.61.